The van der Waals surface area contributed by atoms with Crippen molar-refractivity contribution >= 4 is 39.8 Å². The Hall–Kier alpha value is -2.63. The quantitative estimate of drug-likeness (QED) is 0.478. The minimum atomic E-state index is -0.466. The number of rotatable bonds is 5. The summed E-state index contributed by atoms with van der Waals surface area (Å²) in [5.41, 5.74) is 5.40. The number of anilines is 1. The van der Waals surface area contributed by atoms with E-state index < -0.39 is 5.97 Å². The molecule has 0 aliphatic rings. The molecule has 4 nitrogen and oxygen atoms in total. The number of ether oxygens (including phenoxy) is 1. The van der Waals surface area contributed by atoms with Crippen LogP contribution in [0.15, 0.2) is 41.8 Å². The molecule has 6 heteroatoms. The van der Waals surface area contributed by atoms with Gasteiger partial charge in [-0.05, 0) is 56.5 Å². The second-order valence-corrected chi connectivity index (χ2v) is 8.12. The fourth-order valence-electron chi connectivity index (χ4n) is 3.40. The highest BCUT2D eigenvalue weighted by Gasteiger charge is 2.24. The van der Waals surface area contributed by atoms with E-state index in [1.165, 1.54) is 11.3 Å². The molecule has 2 aromatic carbocycles. The molecule has 0 spiro atoms. The fraction of sp³-hybridized carbons (Fsp3) is 0.217. The average Bonchev–Trinajstić information content (AvgIpc) is 3.05. The first-order valence-corrected chi connectivity index (χ1v) is 10.5. The van der Waals surface area contributed by atoms with Crippen molar-refractivity contribution in [3.63, 3.8) is 0 Å². The molecule has 1 N–H and O–H groups in total. The number of aryl methyl sites for hydroxylation is 3. The molecule has 0 saturated carbocycles. The van der Waals surface area contributed by atoms with Crippen molar-refractivity contribution in [2.75, 3.05) is 11.9 Å². The molecule has 1 amide bonds. The minimum absolute atomic E-state index is 0.241. The van der Waals surface area contributed by atoms with Gasteiger partial charge in [0.2, 0.25) is 0 Å². The third-order valence-corrected chi connectivity index (χ3v) is 5.70. The molecule has 0 fully saturated rings. The van der Waals surface area contributed by atoms with Gasteiger partial charge in [-0.25, -0.2) is 4.79 Å². The van der Waals surface area contributed by atoms with Crippen LogP contribution < -0.4 is 5.32 Å². The zero-order valence-corrected chi connectivity index (χ0v) is 18.3. The van der Waals surface area contributed by atoms with Crippen LogP contribution in [0.1, 0.15) is 44.3 Å². The van der Waals surface area contributed by atoms with Crippen molar-refractivity contribution in [3.05, 3.63) is 74.6 Å². The Morgan fingerprint density at radius 2 is 1.66 bits per heavy atom. The predicted molar refractivity (Wildman–Crippen MR) is 119 cm³/mol. The lowest BCUT2D eigenvalue weighted by Gasteiger charge is -2.12. The molecule has 29 heavy (non-hydrogen) atoms. The van der Waals surface area contributed by atoms with Crippen LogP contribution >= 0.6 is 22.9 Å². The van der Waals surface area contributed by atoms with Crippen molar-refractivity contribution in [1.82, 2.24) is 0 Å². The van der Waals surface area contributed by atoms with E-state index in [0.29, 0.717) is 26.7 Å². The van der Waals surface area contributed by atoms with E-state index in [0.717, 1.165) is 22.3 Å². The highest BCUT2D eigenvalue weighted by atomic mass is 35.5. The van der Waals surface area contributed by atoms with Crippen molar-refractivity contribution in [2.45, 2.75) is 27.7 Å². The minimum Gasteiger partial charge on any atom is -0.462 e. The molecule has 0 aliphatic heterocycles. The summed E-state index contributed by atoms with van der Waals surface area (Å²) >= 11 is 7.29. The molecule has 3 aromatic rings. The molecule has 0 saturated heterocycles. The number of thiophene rings is 1. The van der Waals surface area contributed by atoms with Crippen LogP contribution in [0, 0.1) is 20.8 Å². The van der Waals surface area contributed by atoms with Crippen LogP contribution in [0.5, 0.6) is 0 Å². The summed E-state index contributed by atoms with van der Waals surface area (Å²) in [7, 11) is 0. The number of halogens is 1. The first-order valence-electron chi connectivity index (χ1n) is 9.25. The number of carbonyl (C=O) groups is 2. The van der Waals surface area contributed by atoms with Crippen LogP contribution in [-0.2, 0) is 4.74 Å². The number of hydrogen-bond acceptors (Lipinski definition) is 4. The topological polar surface area (TPSA) is 55.4 Å². The lowest BCUT2D eigenvalue weighted by atomic mass is 9.99. The predicted octanol–water partition coefficient (Wildman–Crippen LogP) is 6.42. The molecule has 1 aromatic heterocycles. The van der Waals surface area contributed by atoms with Crippen LogP contribution in [0.3, 0.4) is 0 Å². The molecule has 0 aliphatic carbocycles. The fourth-order valence-corrected chi connectivity index (χ4v) is 4.48. The Kier molecular flexibility index (Phi) is 6.40. The zero-order valence-electron chi connectivity index (χ0n) is 16.8. The van der Waals surface area contributed by atoms with Gasteiger partial charge in [0.25, 0.3) is 5.91 Å². The maximum absolute atomic E-state index is 13.0. The Morgan fingerprint density at radius 3 is 2.24 bits per heavy atom. The normalized spacial score (nSPS) is 10.7. The van der Waals surface area contributed by atoms with Crippen LogP contribution in [-0.4, -0.2) is 18.5 Å². The molecule has 0 radical (unpaired) electrons. The third-order valence-electron chi connectivity index (χ3n) is 4.56. The van der Waals surface area contributed by atoms with Crippen LogP contribution in [0.2, 0.25) is 5.02 Å². The third kappa shape index (κ3) is 4.52. The number of hydrogen-bond donors (Lipinski definition) is 1. The van der Waals surface area contributed by atoms with E-state index in [1.54, 1.807) is 19.1 Å². The van der Waals surface area contributed by atoms with Gasteiger partial charge in [-0.2, -0.15) is 0 Å². The van der Waals surface area contributed by atoms with Gasteiger partial charge in [0, 0.05) is 21.5 Å². The maximum Gasteiger partial charge on any atom is 0.341 e. The van der Waals surface area contributed by atoms with Crippen molar-refractivity contribution in [3.8, 4) is 11.1 Å². The van der Waals surface area contributed by atoms with Crippen molar-refractivity contribution in [2.24, 2.45) is 0 Å². The highest BCUT2D eigenvalue weighted by Crippen LogP contribution is 2.37. The lowest BCUT2D eigenvalue weighted by Crippen LogP contribution is -2.17. The molecule has 1 heterocycles. The summed E-state index contributed by atoms with van der Waals surface area (Å²) < 4.78 is 5.25. The summed E-state index contributed by atoms with van der Waals surface area (Å²) in [6.45, 7) is 7.82. The van der Waals surface area contributed by atoms with Crippen LogP contribution in [0.4, 0.5) is 5.00 Å². The smallest absolute Gasteiger partial charge is 0.341 e. The molecular weight excluding hydrogens is 406 g/mol. The summed E-state index contributed by atoms with van der Waals surface area (Å²) in [6.07, 6.45) is 0. The molecule has 150 valence electrons. The lowest BCUT2D eigenvalue weighted by molar-refractivity contribution is 0.0529. The molecule has 3 rings (SSSR count). The van der Waals surface area contributed by atoms with E-state index in [-0.39, 0.29) is 12.5 Å². The van der Waals surface area contributed by atoms with E-state index in [1.807, 2.05) is 50.4 Å². The Labute approximate surface area is 179 Å². The Morgan fingerprint density at radius 1 is 1.03 bits per heavy atom. The van der Waals surface area contributed by atoms with E-state index >= 15 is 0 Å². The van der Waals surface area contributed by atoms with E-state index in [9.17, 15) is 9.59 Å². The molecule has 0 bridgehead atoms. The van der Waals surface area contributed by atoms with Gasteiger partial charge in [-0.3, -0.25) is 4.79 Å². The summed E-state index contributed by atoms with van der Waals surface area (Å²) in [6, 6.07) is 11.2. The summed E-state index contributed by atoms with van der Waals surface area (Å²) in [5, 5.41) is 5.85. The average molecular weight is 428 g/mol. The largest absolute Gasteiger partial charge is 0.462 e. The standard InChI is InChI=1S/C23H22ClNO3S/c1-5-28-23(27)20-18(16-6-8-17(24)9-7-16)12-29-22(20)25-21(26)19-14(3)10-13(2)11-15(19)4/h6-12H,5H2,1-4H3,(H,25,26). The summed E-state index contributed by atoms with van der Waals surface area (Å²) in [4.78, 5) is 25.7. The van der Waals surface area contributed by atoms with Gasteiger partial charge >= 0.3 is 5.97 Å². The number of esters is 1. The van der Waals surface area contributed by atoms with Crippen LogP contribution in [0.25, 0.3) is 11.1 Å². The maximum atomic E-state index is 13.0. The Bertz CT molecular complexity index is 1050. The first kappa shape index (κ1) is 21.1. The SMILES string of the molecule is CCOC(=O)c1c(-c2ccc(Cl)cc2)csc1NC(=O)c1c(C)cc(C)cc1C. The van der Waals surface area contributed by atoms with Gasteiger partial charge in [0.1, 0.15) is 10.6 Å². The van der Waals surface area contributed by atoms with Crippen molar-refractivity contribution < 1.29 is 14.3 Å². The van der Waals surface area contributed by atoms with Gasteiger partial charge in [-0.15, -0.1) is 11.3 Å². The van der Waals surface area contributed by atoms with E-state index in [4.69, 9.17) is 16.3 Å². The number of nitrogens with one attached hydrogen (secondary N) is 1. The summed E-state index contributed by atoms with van der Waals surface area (Å²) in [5.74, 6) is -0.707. The molecule has 0 atom stereocenters. The second kappa shape index (κ2) is 8.80. The second-order valence-electron chi connectivity index (χ2n) is 6.81. The highest BCUT2D eigenvalue weighted by molar-refractivity contribution is 7.15. The Balaban J connectivity index is 2.02. The van der Waals surface area contributed by atoms with Gasteiger partial charge in [0.15, 0.2) is 0 Å². The van der Waals surface area contributed by atoms with E-state index in [2.05, 4.69) is 5.32 Å². The van der Waals surface area contributed by atoms with Crippen molar-refractivity contribution in [1.29, 1.82) is 0 Å². The number of carbonyl (C=O) groups excluding carboxylic acids is 2. The molecule has 0 unspecified atom stereocenters. The number of amides is 1. The zero-order chi connectivity index (χ0) is 21.1. The number of benzene rings is 2. The van der Waals surface area contributed by atoms with Gasteiger partial charge in [-0.1, -0.05) is 41.4 Å². The monoisotopic (exact) mass is 427 g/mol. The first-order chi connectivity index (χ1) is 13.8. The van der Waals surface area contributed by atoms with Gasteiger partial charge in [0.05, 0.1) is 6.61 Å². The molecular formula is C23H22ClNO3S. The van der Waals surface area contributed by atoms with Gasteiger partial charge < -0.3 is 10.1 Å².